The Balaban J connectivity index is 1.79. The van der Waals surface area contributed by atoms with Gasteiger partial charge in [0, 0.05) is 12.8 Å². The second kappa shape index (κ2) is 27.3. The van der Waals surface area contributed by atoms with Gasteiger partial charge < -0.3 is 9.22 Å². The van der Waals surface area contributed by atoms with Crippen LogP contribution in [0.1, 0.15) is 193 Å². The van der Waals surface area contributed by atoms with Gasteiger partial charge in [-0.3, -0.25) is 4.79 Å². The molecule has 1 aliphatic carbocycles. The molecule has 0 aromatic heterocycles. The van der Waals surface area contributed by atoms with Gasteiger partial charge in [0.15, 0.2) is 0 Å². The SMILES string of the molecule is CCCCCCCCCCCCCCCC[N+](C)(C)CCCOC(=O)CCCCCCCCCCC1CCCC1. The normalized spacial score (nSPS) is 14.3. The number of esters is 1. The van der Waals surface area contributed by atoms with Crippen molar-refractivity contribution in [1.29, 1.82) is 0 Å². The molecule has 40 heavy (non-hydrogen) atoms. The minimum absolute atomic E-state index is 0.0178. The highest BCUT2D eigenvalue weighted by molar-refractivity contribution is 5.69. The molecule has 0 spiro atoms. The van der Waals surface area contributed by atoms with Gasteiger partial charge in [0.2, 0.25) is 0 Å². The Morgan fingerprint density at radius 3 is 1.52 bits per heavy atom. The van der Waals surface area contributed by atoms with E-state index in [9.17, 15) is 4.79 Å². The molecule has 0 saturated heterocycles. The van der Waals surface area contributed by atoms with Gasteiger partial charge >= 0.3 is 5.97 Å². The maximum atomic E-state index is 12.1. The molecule has 3 heteroatoms. The molecule has 1 saturated carbocycles. The Labute approximate surface area is 252 Å². The van der Waals surface area contributed by atoms with Crippen molar-refractivity contribution in [2.45, 2.75) is 193 Å². The summed E-state index contributed by atoms with van der Waals surface area (Å²) in [6, 6.07) is 0. The summed E-state index contributed by atoms with van der Waals surface area (Å²) >= 11 is 0. The molecule has 0 aromatic carbocycles. The fourth-order valence-electron chi connectivity index (χ4n) is 6.66. The molecule has 0 N–H and O–H groups in total. The largest absolute Gasteiger partial charge is 0.465 e. The highest BCUT2D eigenvalue weighted by Crippen LogP contribution is 2.29. The average molecular weight is 565 g/mol. The number of hydrogen-bond donors (Lipinski definition) is 0. The van der Waals surface area contributed by atoms with E-state index in [1.165, 1.54) is 173 Å². The minimum Gasteiger partial charge on any atom is -0.465 e. The third-order valence-corrected chi connectivity index (χ3v) is 9.51. The van der Waals surface area contributed by atoms with Crippen molar-refractivity contribution in [1.82, 2.24) is 0 Å². The van der Waals surface area contributed by atoms with Gasteiger partial charge in [-0.1, -0.05) is 161 Å². The van der Waals surface area contributed by atoms with Crippen LogP contribution in [0.5, 0.6) is 0 Å². The minimum atomic E-state index is 0.0178. The second-order valence-electron chi connectivity index (χ2n) is 14.1. The first-order valence-electron chi connectivity index (χ1n) is 18.5. The van der Waals surface area contributed by atoms with Gasteiger partial charge in [0.05, 0.1) is 33.8 Å². The van der Waals surface area contributed by atoms with Crippen LogP contribution in [0.2, 0.25) is 0 Å². The van der Waals surface area contributed by atoms with E-state index in [0.717, 1.165) is 29.8 Å². The molecule has 0 bridgehead atoms. The average Bonchev–Trinajstić information content (AvgIpc) is 3.46. The first-order chi connectivity index (χ1) is 19.5. The molecule has 3 nitrogen and oxygen atoms in total. The third-order valence-electron chi connectivity index (χ3n) is 9.51. The smallest absolute Gasteiger partial charge is 0.305 e. The van der Waals surface area contributed by atoms with Crippen LogP contribution in [0.3, 0.4) is 0 Å². The Kier molecular flexibility index (Phi) is 25.5. The Morgan fingerprint density at radius 1 is 0.575 bits per heavy atom. The van der Waals surface area contributed by atoms with Crippen molar-refractivity contribution in [3.63, 3.8) is 0 Å². The van der Waals surface area contributed by atoms with Crippen molar-refractivity contribution in [3.8, 4) is 0 Å². The van der Waals surface area contributed by atoms with Crippen molar-refractivity contribution in [2.75, 3.05) is 33.8 Å². The summed E-state index contributed by atoms with van der Waals surface area (Å²) in [4.78, 5) is 12.1. The third kappa shape index (κ3) is 25.2. The van der Waals surface area contributed by atoms with Gasteiger partial charge in [-0.15, -0.1) is 0 Å². The molecule has 1 fully saturated rings. The molecular formula is C37H74NO2+. The van der Waals surface area contributed by atoms with Crippen LogP contribution >= 0.6 is 0 Å². The topological polar surface area (TPSA) is 26.3 Å². The number of hydrogen-bond acceptors (Lipinski definition) is 2. The molecule has 238 valence electrons. The van der Waals surface area contributed by atoms with Crippen LogP contribution in [-0.2, 0) is 9.53 Å². The lowest BCUT2D eigenvalue weighted by Crippen LogP contribution is -2.41. The van der Waals surface area contributed by atoms with Crippen LogP contribution in [0, 0.1) is 5.92 Å². The van der Waals surface area contributed by atoms with Crippen LogP contribution in [-0.4, -0.2) is 44.2 Å². The number of rotatable bonds is 30. The van der Waals surface area contributed by atoms with Crippen LogP contribution in [0.25, 0.3) is 0 Å². The summed E-state index contributed by atoms with van der Waals surface area (Å²) < 4.78 is 6.58. The van der Waals surface area contributed by atoms with Crippen LogP contribution in [0.15, 0.2) is 0 Å². The van der Waals surface area contributed by atoms with E-state index in [1.807, 2.05) is 0 Å². The fraction of sp³-hybridized carbons (Fsp3) is 0.973. The number of unbranched alkanes of at least 4 members (excludes halogenated alkanes) is 20. The molecule has 1 aliphatic rings. The zero-order valence-corrected chi connectivity index (χ0v) is 28.0. The van der Waals surface area contributed by atoms with E-state index in [-0.39, 0.29) is 5.97 Å². The lowest BCUT2D eigenvalue weighted by molar-refractivity contribution is -0.890. The van der Waals surface area contributed by atoms with Gasteiger partial charge in [-0.25, -0.2) is 0 Å². The van der Waals surface area contributed by atoms with Crippen molar-refractivity contribution in [2.24, 2.45) is 5.92 Å². The standard InChI is InChI=1S/C37H74NO2/c1-4-5-6-7-8-9-10-11-12-13-16-19-22-27-33-38(2,3)34-28-35-40-37(39)32-24-21-18-15-14-17-20-23-29-36-30-25-26-31-36/h36H,4-35H2,1-3H3/q+1. The molecule has 0 radical (unpaired) electrons. The van der Waals surface area contributed by atoms with E-state index in [0.29, 0.717) is 13.0 Å². The van der Waals surface area contributed by atoms with Crippen molar-refractivity contribution in [3.05, 3.63) is 0 Å². The molecule has 0 aliphatic heterocycles. The first kappa shape index (κ1) is 37.5. The highest BCUT2D eigenvalue weighted by Gasteiger charge is 2.15. The van der Waals surface area contributed by atoms with E-state index in [2.05, 4.69) is 21.0 Å². The number of carbonyl (C=O) groups excluding carboxylic acids is 1. The Morgan fingerprint density at radius 2 is 1.00 bits per heavy atom. The quantitative estimate of drug-likeness (QED) is 0.0492. The number of quaternary nitrogens is 1. The summed E-state index contributed by atoms with van der Waals surface area (Å²) in [6.07, 6.45) is 39.4. The summed E-state index contributed by atoms with van der Waals surface area (Å²) in [5.41, 5.74) is 0. The van der Waals surface area contributed by atoms with Gasteiger partial charge in [0.1, 0.15) is 0 Å². The van der Waals surface area contributed by atoms with Gasteiger partial charge in [0.25, 0.3) is 0 Å². The summed E-state index contributed by atoms with van der Waals surface area (Å²) in [5.74, 6) is 1.08. The van der Waals surface area contributed by atoms with Crippen LogP contribution in [0.4, 0.5) is 0 Å². The van der Waals surface area contributed by atoms with Crippen molar-refractivity contribution < 1.29 is 14.0 Å². The van der Waals surface area contributed by atoms with Crippen LogP contribution < -0.4 is 0 Å². The fourth-order valence-corrected chi connectivity index (χ4v) is 6.66. The molecule has 1 rings (SSSR count). The predicted molar refractivity (Wildman–Crippen MR) is 176 cm³/mol. The van der Waals surface area contributed by atoms with E-state index in [1.54, 1.807) is 0 Å². The monoisotopic (exact) mass is 565 g/mol. The lowest BCUT2D eigenvalue weighted by atomic mass is 9.99. The Bertz CT molecular complexity index is 540. The predicted octanol–water partition coefficient (Wildman–Crippen LogP) is 11.6. The zero-order valence-electron chi connectivity index (χ0n) is 28.0. The molecular weight excluding hydrogens is 490 g/mol. The summed E-state index contributed by atoms with van der Waals surface area (Å²) in [7, 11) is 4.67. The zero-order chi connectivity index (χ0) is 29.0. The summed E-state index contributed by atoms with van der Waals surface area (Å²) in [5, 5.41) is 0. The van der Waals surface area contributed by atoms with Gasteiger partial charge in [-0.05, 0) is 25.2 Å². The molecule has 0 atom stereocenters. The molecule has 0 heterocycles. The molecule has 0 unspecified atom stereocenters. The van der Waals surface area contributed by atoms with Gasteiger partial charge in [-0.2, -0.15) is 0 Å². The Hall–Kier alpha value is -0.570. The second-order valence-corrected chi connectivity index (χ2v) is 14.1. The maximum Gasteiger partial charge on any atom is 0.305 e. The van der Waals surface area contributed by atoms with Crippen molar-refractivity contribution >= 4 is 5.97 Å². The van der Waals surface area contributed by atoms with E-state index >= 15 is 0 Å². The van der Waals surface area contributed by atoms with E-state index in [4.69, 9.17) is 4.74 Å². The molecule has 0 aromatic rings. The molecule has 0 amide bonds. The maximum absolute atomic E-state index is 12.1. The summed E-state index contributed by atoms with van der Waals surface area (Å²) in [6.45, 7) is 5.24. The number of carbonyl (C=O) groups is 1. The number of ether oxygens (including phenoxy) is 1. The number of nitrogens with zero attached hydrogens (tertiary/aromatic N) is 1. The highest BCUT2D eigenvalue weighted by atomic mass is 16.5. The van der Waals surface area contributed by atoms with E-state index < -0.39 is 0 Å². The first-order valence-corrected chi connectivity index (χ1v) is 18.5. The lowest BCUT2D eigenvalue weighted by Gasteiger charge is -2.29.